The smallest absolute Gasteiger partial charge is 0.253 e. The fraction of sp³-hybridized carbons (Fsp3) is 0.276. The molecule has 0 saturated carbocycles. The largest absolute Gasteiger partial charge is 0.306 e. The van der Waals surface area contributed by atoms with Crippen molar-refractivity contribution >= 4 is 23.4 Å². The van der Waals surface area contributed by atoms with Crippen LogP contribution in [0.25, 0.3) is 0 Å². The number of nitrogens with zero attached hydrogens (tertiary/aromatic N) is 2. The van der Waals surface area contributed by atoms with Crippen LogP contribution in [0, 0.1) is 11.8 Å². The van der Waals surface area contributed by atoms with Gasteiger partial charge in [-0.15, -0.1) is 0 Å². The molecule has 2 fully saturated rings. The Morgan fingerprint density at radius 3 is 1.94 bits per heavy atom. The molecule has 6 rings (SSSR count). The summed E-state index contributed by atoms with van der Waals surface area (Å²) in [5.74, 6) is -1.94. The first-order valence-corrected chi connectivity index (χ1v) is 12.2. The summed E-state index contributed by atoms with van der Waals surface area (Å²) in [7, 11) is 0. The number of para-hydroxylation sites is 1. The number of hydrogen-bond donors (Lipinski definition) is 1. The molecule has 6 nitrogen and oxygen atoms in total. The minimum Gasteiger partial charge on any atom is -0.306 e. The maximum atomic E-state index is 14.3. The molecular formula is C29H27N3O3. The lowest BCUT2D eigenvalue weighted by molar-refractivity contribution is -0.143. The third kappa shape index (κ3) is 3.09. The van der Waals surface area contributed by atoms with Crippen LogP contribution in [0.4, 0.5) is 5.69 Å². The van der Waals surface area contributed by atoms with Crippen molar-refractivity contribution in [3.63, 3.8) is 0 Å². The van der Waals surface area contributed by atoms with Gasteiger partial charge in [-0.05, 0) is 23.6 Å². The number of hydrogen-bond acceptors (Lipinski definition) is 4. The number of rotatable bonds is 5. The Morgan fingerprint density at radius 1 is 0.743 bits per heavy atom. The van der Waals surface area contributed by atoms with Crippen LogP contribution in [-0.4, -0.2) is 28.7 Å². The second-order valence-corrected chi connectivity index (χ2v) is 9.61. The van der Waals surface area contributed by atoms with Crippen molar-refractivity contribution in [1.29, 1.82) is 0 Å². The van der Waals surface area contributed by atoms with Crippen LogP contribution in [0.15, 0.2) is 84.9 Å². The van der Waals surface area contributed by atoms with Gasteiger partial charge in [0.1, 0.15) is 5.54 Å². The number of imide groups is 1. The van der Waals surface area contributed by atoms with Gasteiger partial charge in [-0.2, -0.15) is 0 Å². The predicted molar refractivity (Wildman–Crippen MR) is 132 cm³/mol. The molecule has 0 aliphatic carbocycles. The van der Waals surface area contributed by atoms with E-state index < -0.39 is 17.4 Å². The van der Waals surface area contributed by atoms with Crippen molar-refractivity contribution in [2.24, 2.45) is 11.8 Å². The zero-order valence-corrected chi connectivity index (χ0v) is 19.6. The topological polar surface area (TPSA) is 69.7 Å². The van der Waals surface area contributed by atoms with E-state index in [9.17, 15) is 14.4 Å². The van der Waals surface area contributed by atoms with E-state index in [0.29, 0.717) is 13.0 Å². The standard InChI is InChI=1S/C29H27N3O3/c1-2-22-24-25(27(34)32(26(24)33)18-20-13-7-4-8-14-20)29(30-22)21-15-9-10-16-23(21)31(28(29)35)17-19-11-5-3-6-12-19/h3-16,22,24-25,30H,2,17-18H2,1H3/t22-,24+,25+,29-/m0/s1. The van der Waals surface area contributed by atoms with Crippen molar-refractivity contribution in [3.8, 4) is 0 Å². The summed E-state index contributed by atoms with van der Waals surface area (Å²) in [5.41, 5.74) is 2.25. The van der Waals surface area contributed by atoms with Gasteiger partial charge < -0.3 is 4.90 Å². The summed E-state index contributed by atoms with van der Waals surface area (Å²) in [6, 6.07) is 26.8. The van der Waals surface area contributed by atoms with Gasteiger partial charge in [-0.25, -0.2) is 0 Å². The van der Waals surface area contributed by atoms with Gasteiger partial charge in [0.2, 0.25) is 11.8 Å². The van der Waals surface area contributed by atoms with Crippen LogP contribution in [0.3, 0.4) is 0 Å². The van der Waals surface area contributed by atoms with Crippen LogP contribution < -0.4 is 10.2 Å². The first kappa shape index (κ1) is 21.7. The number of carbonyl (C=O) groups excluding carboxylic acids is 3. The minimum absolute atomic E-state index is 0.156. The summed E-state index contributed by atoms with van der Waals surface area (Å²) < 4.78 is 0. The van der Waals surface area contributed by atoms with Gasteiger partial charge in [0.05, 0.1) is 24.9 Å². The van der Waals surface area contributed by atoms with Crippen molar-refractivity contribution in [2.45, 2.75) is 38.0 Å². The third-order valence-electron chi connectivity index (χ3n) is 7.76. The van der Waals surface area contributed by atoms with Crippen molar-refractivity contribution in [3.05, 3.63) is 102 Å². The molecule has 4 atom stereocenters. The van der Waals surface area contributed by atoms with Crippen molar-refractivity contribution in [1.82, 2.24) is 10.2 Å². The van der Waals surface area contributed by atoms with E-state index in [2.05, 4.69) is 5.32 Å². The molecule has 3 heterocycles. The van der Waals surface area contributed by atoms with E-state index in [1.54, 1.807) is 4.90 Å². The quantitative estimate of drug-likeness (QED) is 0.585. The number of nitrogens with one attached hydrogen (secondary N) is 1. The highest BCUT2D eigenvalue weighted by Gasteiger charge is 2.71. The predicted octanol–water partition coefficient (Wildman–Crippen LogP) is 3.61. The number of carbonyl (C=O) groups is 3. The summed E-state index contributed by atoms with van der Waals surface area (Å²) >= 11 is 0. The van der Waals surface area contributed by atoms with E-state index in [4.69, 9.17) is 0 Å². The van der Waals surface area contributed by atoms with E-state index in [1.807, 2.05) is 91.9 Å². The van der Waals surface area contributed by atoms with Crippen molar-refractivity contribution in [2.75, 3.05) is 4.90 Å². The number of fused-ring (bicyclic) bond motifs is 4. The van der Waals surface area contributed by atoms with Gasteiger partial charge in [0, 0.05) is 17.3 Å². The van der Waals surface area contributed by atoms with Gasteiger partial charge in [0.15, 0.2) is 0 Å². The number of amides is 3. The molecule has 0 unspecified atom stereocenters. The van der Waals surface area contributed by atoms with Crippen LogP contribution in [0.2, 0.25) is 0 Å². The molecule has 6 heteroatoms. The molecule has 0 bridgehead atoms. The highest BCUT2D eigenvalue weighted by Crippen LogP contribution is 2.55. The van der Waals surface area contributed by atoms with Crippen LogP contribution in [-0.2, 0) is 33.0 Å². The summed E-state index contributed by atoms with van der Waals surface area (Å²) in [4.78, 5) is 45.0. The maximum Gasteiger partial charge on any atom is 0.253 e. The lowest BCUT2D eigenvalue weighted by Gasteiger charge is -2.30. The molecular weight excluding hydrogens is 438 g/mol. The molecule has 1 spiro atoms. The molecule has 35 heavy (non-hydrogen) atoms. The Hall–Kier alpha value is -3.77. The van der Waals surface area contributed by atoms with Gasteiger partial charge >= 0.3 is 0 Å². The van der Waals surface area contributed by atoms with Crippen LogP contribution in [0.1, 0.15) is 30.0 Å². The van der Waals surface area contributed by atoms with Crippen LogP contribution >= 0.6 is 0 Å². The number of anilines is 1. The minimum atomic E-state index is -1.24. The molecule has 0 aromatic heterocycles. The highest BCUT2D eigenvalue weighted by atomic mass is 16.2. The number of benzene rings is 3. The van der Waals surface area contributed by atoms with E-state index >= 15 is 0 Å². The molecule has 0 radical (unpaired) electrons. The fourth-order valence-electron chi connectivity index (χ4n) is 6.20. The average molecular weight is 466 g/mol. The molecule has 3 amide bonds. The first-order chi connectivity index (χ1) is 17.1. The third-order valence-corrected chi connectivity index (χ3v) is 7.76. The molecule has 3 aliphatic heterocycles. The van der Waals surface area contributed by atoms with Gasteiger partial charge in [-0.1, -0.05) is 85.8 Å². The molecule has 176 valence electrons. The van der Waals surface area contributed by atoms with Gasteiger partial charge in [-0.3, -0.25) is 24.6 Å². The highest BCUT2D eigenvalue weighted by molar-refractivity contribution is 6.16. The summed E-state index contributed by atoms with van der Waals surface area (Å²) in [6.07, 6.45) is 0.648. The second kappa shape index (κ2) is 8.17. The molecule has 3 aromatic carbocycles. The Balaban J connectivity index is 1.44. The average Bonchev–Trinajstić information content (AvgIpc) is 3.46. The molecule has 3 aliphatic rings. The summed E-state index contributed by atoms with van der Waals surface area (Å²) in [5, 5.41) is 3.53. The first-order valence-electron chi connectivity index (χ1n) is 12.2. The molecule has 3 aromatic rings. The van der Waals surface area contributed by atoms with E-state index in [0.717, 1.165) is 22.4 Å². The SMILES string of the molecule is CC[C@@H]1N[C@]2(C(=O)N(Cc3ccccc3)c3ccccc32)[C@H]2C(=O)N(Cc3ccccc3)C(=O)[C@H]12. The summed E-state index contributed by atoms with van der Waals surface area (Å²) in [6.45, 7) is 2.63. The Bertz CT molecular complexity index is 1310. The maximum absolute atomic E-state index is 14.3. The zero-order valence-electron chi connectivity index (χ0n) is 19.6. The lowest BCUT2D eigenvalue weighted by atomic mass is 9.76. The Labute approximate surface area is 204 Å². The molecule has 2 saturated heterocycles. The lowest BCUT2D eigenvalue weighted by Crippen LogP contribution is -2.54. The van der Waals surface area contributed by atoms with Crippen LogP contribution in [0.5, 0.6) is 0 Å². The second-order valence-electron chi connectivity index (χ2n) is 9.61. The van der Waals surface area contributed by atoms with Crippen molar-refractivity contribution < 1.29 is 14.4 Å². The molecule has 1 N–H and O–H groups in total. The van der Waals surface area contributed by atoms with E-state index in [-0.39, 0.29) is 30.3 Å². The zero-order chi connectivity index (χ0) is 24.2. The Kier molecular flexibility index (Phi) is 5.07. The monoisotopic (exact) mass is 465 g/mol. The van der Waals surface area contributed by atoms with E-state index in [1.165, 1.54) is 4.90 Å². The Morgan fingerprint density at radius 2 is 1.31 bits per heavy atom. The number of likely N-dealkylation sites (tertiary alicyclic amines) is 1. The normalized spacial score (nSPS) is 27.1. The van der Waals surface area contributed by atoms with Gasteiger partial charge in [0.25, 0.3) is 5.91 Å². The fourth-order valence-corrected chi connectivity index (χ4v) is 6.20.